The minimum Gasteiger partial charge on any atom is -0.385 e. The monoisotopic (exact) mass is 270 g/mol. The van der Waals surface area contributed by atoms with Gasteiger partial charge in [-0.15, -0.1) is 0 Å². The zero-order valence-electron chi connectivity index (χ0n) is 13.2. The number of rotatable bonds is 8. The van der Waals surface area contributed by atoms with Crippen molar-refractivity contribution in [1.82, 2.24) is 10.2 Å². The van der Waals surface area contributed by atoms with Crippen LogP contribution < -0.4 is 5.32 Å². The van der Waals surface area contributed by atoms with Gasteiger partial charge in [0, 0.05) is 20.3 Å². The third-order valence-electron chi connectivity index (χ3n) is 3.99. The summed E-state index contributed by atoms with van der Waals surface area (Å²) in [5.41, 5.74) is -0.374. The van der Waals surface area contributed by atoms with Crippen LogP contribution in [0.5, 0.6) is 0 Å². The molecule has 2 atom stereocenters. The summed E-state index contributed by atoms with van der Waals surface area (Å²) >= 11 is 0. The normalized spacial score (nSPS) is 27.6. The molecule has 1 saturated heterocycles. The van der Waals surface area contributed by atoms with Crippen molar-refractivity contribution in [2.24, 2.45) is 5.92 Å². The Morgan fingerprint density at radius 2 is 2.11 bits per heavy atom. The van der Waals surface area contributed by atoms with Crippen molar-refractivity contribution in [2.75, 3.05) is 20.3 Å². The molecule has 1 N–H and O–H groups in total. The molecule has 19 heavy (non-hydrogen) atoms. The summed E-state index contributed by atoms with van der Waals surface area (Å²) in [6.45, 7) is 10.1. The number of hydrogen-bond acceptors (Lipinski definition) is 3. The molecule has 1 aliphatic rings. The third-order valence-corrected chi connectivity index (χ3v) is 3.99. The molecule has 1 amide bonds. The van der Waals surface area contributed by atoms with Gasteiger partial charge in [-0.25, -0.2) is 0 Å². The van der Waals surface area contributed by atoms with E-state index in [1.807, 2.05) is 11.8 Å². The fourth-order valence-electron chi connectivity index (χ4n) is 2.64. The molecule has 0 aromatic heterocycles. The number of amides is 1. The van der Waals surface area contributed by atoms with Crippen LogP contribution in [0.25, 0.3) is 0 Å². The molecule has 0 aliphatic carbocycles. The highest BCUT2D eigenvalue weighted by atomic mass is 16.5. The minimum absolute atomic E-state index is 0.194. The van der Waals surface area contributed by atoms with Crippen LogP contribution in [-0.2, 0) is 9.53 Å². The maximum absolute atomic E-state index is 12.5. The lowest BCUT2D eigenvalue weighted by atomic mass is 9.99. The number of nitrogens with one attached hydrogen (secondary N) is 1. The summed E-state index contributed by atoms with van der Waals surface area (Å²) in [4.78, 5) is 14.6. The molecule has 1 aliphatic heterocycles. The topological polar surface area (TPSA) is 41.6 Å². The Labute approximate surface area is 117 Å². The van der Waals surface area contributed by atoms with E-state index < -0.39 is 0 Å². The van der Waals surface area contributed by atoms with Gasteiger partial charge < -0.3 is 9.64 Å². The van der Waals surface area contributed by atoms with Crippen LogP contribution in [0.4, 0.5) is 0 Å². The molecule has 2 unspecified atom stereocenters. The lowest BCUT2D eigenvalue weighted by molar-refractivity contribution is -0.133. The third kappa shape index (κ3) is 4.18. The van der Waals surface area contributed by atoms with Gasteiger partial charge >= 0.3 is 0 Å². The van der Waals surface area contributed by atoms with E-state index in [4.69, 9.17) is 4.74 Å². The molecule has 4 nitrogen and oxygen atoms in total. The Hall–Kier alpha value is -0.610. The molecule has 1 heterocycles. The van der Waals surface area contributed by atoms with Gasteiger partial charge in [-0.1, -0.05) is 20.8 Å². The molecule has 0 aromatic carbocycles. The lowest BCUT2D eigenvalue weighted by Crippen LogP contribution is -2.44. The SMILES string of the molecule is CCC1(C)NC(CC(C)C)N(CCCCOC)C1=O. The maximum atomic E-state index is 12.5. The first kappa shape index (κ1) is 16.4. The van der Waals surface area contributed by atoms with Gasteiger partial charge in [-0.05, 0) is 38.5 Å². The van der Waals surface area contributed by atoms with Crippen molar-refractivity contribution < 1.29 is 9.53 Å². The van der Waals surface area contributed by atoms with E-state index in [-0.39, 0.29) is 17.6 Å². The average molecular weight is 270 g/mol. The van der Waals surface area contributed by atoms with Crippen LogP contribution >= 0.6 is 0 Å². The summed E-state index contributed by atoms with van der Waals surface area (Å²) in [6.07, 6.45) is 4.08. The molecule has 0 aromatic rings. The number of nitrogens with zero attached hydrogens (tertiary/aromatic N) is 1. The Morgan fingerprint density at radius 1 is 1.42 bits per heavy atom. The van der Waals surface area contributed by atoms with Crippen LogP contribution in [0, 0.1) is 5.92 Å². The van der Waals surface area contributed by atoms with E-state index in [1.165, 1.54) is 0 Å². The smallest absolute Gasteiger partial charge is 0.243 e. The summed E-state index contributed by atoms with van der Waals surface area (Å²) in [5, 5.41) is 3.53. The van der Waals surface area contributed by atoms with Crippen LogP contribution in [0.2, 0.25) is 0 Å². The first-order valence-corrected chi connectivity index (χ1v) is 7.52. The van der Waals surface area contributed by atoms with Crippen molar-refractivity contribution in [3.05, 3.63) is 0 Å². The Bertz CT molecular complexity index is 294. The molecule has 0 radical (unpaired) electrons. The van der Waals surface area contributed by atoms with Gasteiger partial charge in [0.1, 0.15) is 0 Å². The predicted octanol–water partition coefficient (Wildman–Crippen LogP) is 2.39. The van der Waals surface area contributed by atoms with Crippen molar-refractivity contribution in [3.63, 3.8) is 0 Å². The second kappa shape index (κ2) is 7.25. The van der Waals surface area contributed by atoms with Crippen LogP contribution in [-0.4, -0.2) is 42.8 Å². The van der Waals surface area contributed by atoms with Gasteiger partial charge in [0.05, 0.1) is 11.7 Å². The maximum Gasteiger partial charge on any atom is 0.243 e. The second-order valence-corrected chi connectivity index (χ2v) is 6.17. The molecule has 1 fully saturated rings. The first-order chi connectivity index (χ1) is 8.94. The molecule has 4 heteroatoms. The van der Waals surface area contributed by atoms with Gasteiger partial charge in [0.2, 0.25) is 5.91 Å². The van der Waals surface area contributed by atoms with E-state index in [9.17, 15) is 4.79 Å². The molecular formula is C15H30N2O2. The van der Waals surface area contributed by atoms with Crippen molar-refractivity contribution in [1.29, 1.82) is 0 Å². The molecule has 112 valence electrons. The molecule has 1 rings (SSSR count). The zero-order chi connectivity index (χ0) is 14.5. The highest BCUT2D eigenvalue weighted by Crippen LogP contribution is 2.27. The lowest BCUT2D eigenvalue weighted by Gasteiger charge is -2.25. The van der Waals surface area contributed by atoms with Gasteiger partial charge in [-0.2, -0.15) is 0 Å². The Balaban J connectivity index is 2.63. The average Bonchev–Trinajstić information content (AvgIpc) is 2.58. The van der Waals surface area contributed by atoms with E-state index in [0.717, 1.165) is 38.8 Å². The highest BCUT2D eigenvalue weighted by Gasteiger charge is 2.46. The first-order valence-electron chi connectivity index (χ1n) is 7.52. The van der Waals surface area contributed by atoms with Crippen LogP contribution in [0.15, 0.2) is 0 Å². The zero-order valence-corrected chi connectivity index (χ0v) is 13.2. The summed E-state index contributed by atoms with van der Waals surface area (Å²) in [6, 6.07) is 0. The van der Waals surface area contributed by atoms with Crippen molar-refractivity contribution in [3.8, 4) is 0 Å². The van der Waals surface area contributed by atoms with E-state index in [1.54, 1.807) is 7.11 Å². The molecule has 0 spiro atoms. The number of carbonyl (C=O) groups excluding carboxylic acids is 1. The Morgan fingerprint density at radius 3 is 2.63 bits per heavy atom. The van der Waals surface area contributed by atoms with Crippen LogP contribution in [0.1, 0.15) is 53.4 Å². The number of ether oxygens (including phenoxy) is 1. The minimum atomic E-state index is -0.374. The number of methoxy groups -OCH3 is 1. The highest BCUT2D eigenvalue weighted by molar-refractivity contribution is 5.88. The molecule has 0 bridgehead atoms. The fourth-order valence-corrected chi connectivity index (χ4v) is 2.64. The number of unbranched alkanes of at least 4 members (excludes halogenated alkanes) is 1. The molecular weight excluding hydrogens is 240 g/mol. The quantitative estimate of drug-likeness (QED) is 0.689. The summed E-state index contributed by atoms with van der Waals surface area (Å²) in [7, 11) is 1.72. The standard InChI is InChI=1S/C15H30N2O2/c1-6-15(4)14(18)17(9-7-8-10-19-5)13(16-15)11-12(2)3/h12-13,16H,6-11H2,1-5H3. The van der Waals surface area contributed by atoms with E-state index in [0.29, 0.717) is 5.92 Å². The largest absolute Gasteiger partial charge is 0.385 e. The molecule has 0 saturated carbocycles. The second-order valence-electron chi connectivity index (χ2n) is 6.17. The number of hydrogen-bond donors (Lipinski definition) is 1. The summed E-state index contributed by atoms with van der Waals surface area (Å²) in [5.74, 6) is 0.851. The fraction of sp³-hybridized carbons (Fsp3) is 0.933. The summed E-state index contributed by atoms with van der Waals surface area (Å²) < 4.78 is 5.07. The van der Waals surface area contributed by atoms with Gasteiger partial charge in [-0.3, -0.25) is 10.1 Å². The van der Waals surface area contributed by atoms with Crippen LogP contribution in [0.3, 0.4) is 0 Å². The Kier molecular flexibility index (Phi) is 6.27. The number of carbonyl (C=O) groups is 1. The van der Waals surface area contributed by atoms with E-state index in [2.05, 4.69) is 26.1 Å². The van der Waals surface area contributed by atoms with E-state index >= 15 is 0 Å². The van der Waals surface area contributed by atoms with Gasteiger partial charge in [0.15, 0.2) is 0 Å². The van der Waals surface area contributed by atoms with Crippen molar-refractivity contribution >= 4 is 5.91 Å². The van der Waals surface area contributed by atoms with Crippen molar-refractivity contribution in [2.45, 2.75) is 65.1 Å². The van der Waals surface area contributed by atoms with Gasteiger partial charge in [0.25, 0.3) is 0 Å². The predicted molar refractivity (Wildman–Crippen MR) is 77.9 cm³/mol.